The van der Waals surface area contributed by atoms with E-state index in [0.29, 0.717) is 12.1 Å². The Morgan fingerprint density at radius 2 is 2.10 bits per heavy atom. The van der Waals surface area contributed by atoms with Crippen molar-refractivity contribution < 1.29 is 9.90 Å². The Hall–Kier alpha value is -2.28. The molecular formula is C13H15N5O2. The van der Waals surface area contributed by atoms with Crippen LogP contribution in [-0.4, -0.2) is 44.4 Å². The molecule has 7 heteroatoms. The number of hydrogen-bond donors (Lipinski definition) is 2. The number of rotatable bonds is 5. The first kappa shape index (κ1) is 12.7. The predicted octanol–water partition coefficient (Wildman–Crippen LogP) is 0.165. The molecule has 1 aromatic carbocycles. The van der Waals surface area contributed by atoms with E-state index in [4.69, 9.17) is 0 Å². The number of aliphatic hydroxyl groups excluding tert-OH is 1. The van der Waals surface area contributed by atoms with E-state index in [9.17, 15) is 9.90 Å². The third kappa shape index (κ3) is 2.53. The van der Waals surface area contributed by atoms with Crippen LogP contribution in [0.2, 0.25) is 0 Å². The van der Waals surface area contributed by atoms with Crippen LogP contribution in [-0.2, 0) is 0 Å². The summed E-state index contributed by atoms with van der Waals surface area (Å²) in [6.45, 7) is 0.655. The average molecular weight is 273 g/mol. The molecule has 0 spiro atoms. The van der Waals surface area contributed by atoms with Crippen molar-refractivity contribution in [2.24, 2.45) is 5.41 Å². The summed E-state index contributed by atoms with van der Waals surface area (Å²) in [6, 6.07) is 7.02. The van der Waals surface area contributed by atoms with Gasteiger partial charge in [-0.15, -0.1) is 5.10 Å². The molecule has 0 aliphatic heterocycles. The fourth-order valence-electron chi connectivity index (χ4n) is 1.98. The van der Waals surface area contributed by atoms with Gasteiger partial charge in [0.15, 0.2) is 0 Å². The smallest absolute Gasteiger partial charge is 0.251 e. The zero-order valence-corrected chi connectivity index (χ0v) is 10.9. The molecule has 1 saturated carbocycles. The molecule has 0 atom stereocenters. The first-order valence-corrected chi connectivity index (χ1v) is 6.45. The van der Waals surface area contributed by atoms with E-state index in [-0.39, 0.29) is 17.9 Å². The standard InChI is InChI=1S/C13H15N5O2/c19-8-13(5-6-13)7-14-12(20)10-1-3-11(4-2-10)18-9-15-16-17-18/h1-4,9,19H,5-8H2,(H,14,20). The van der Waals surface area contributed by atoms with Gasteiger partial charge < -0.3 is 10.4 Å². The monoisotopic (exact) mass is 273 g/mol. The van der Waals surface area contributed by atoms with Crippen molar-refractivity contribution in [3.8, 4) is 5.69 Å². The number of tetrazole rings is 1. The van der Waals surface area contributed by atoms with E-state index in [1.54, 1.807) is 24.3 Å². The van der Waals surface area contributed by atoms with Gasteiger partial charge in [0.25, 0.3) is 5.91 Å². The van der Waals surface area contributed by atoms with Crippen molar-refractivity contribution in [2.75, 3.05) is 13.2 Å². The van der Waals surface area contributed by atoms with Gasteiger partial charge in [-0.05, 0) is 47.5 Å². The number of hydrogen-bond acceptors (Lipinski definition) is 5. The van der Waals surface area contributed by atoms with Crippen LogP contribution in [0, 0.1) is 5.41 Å². The summed E-state index contributed by atoms with van der Waals surface area (Å²) in [5, 5.41) is 23.0. The fraction of sp³-hybridized carbons (Fsp3) is 0.385. The first-order chi connectivity index (χ1) is 9.72. The van der Waals surface area contributed by atoms with E-state index < -0.39 is 0 Å². The zero-order valence-electron chi connectivity index (χ0n) is 10.9. The minimum atomic E-state index is -0.131. The van der Waals surface area contributed by atoms with Crippen LogP contribution >= 0.6 is 0 Å². The summed E-state index contributed by atoms with van der Waals surface area (Å²) < 4.78 is 1.52. The Morgan fingerprint density at radius 3 is 2.65 bits per heavy atom. The molecule has 1 aliphatic rings. The molecule has 1 amide bonds. The number of carbonyl (C=O) groups is 1. The molecule has 0 bridgehead atoms. The lowest BCUT2D eigenvalue weighted by Crippen LogP contribution is -2.31. The molecule has 3 rings (SSSR count). The predicted molar refractivity (Wildman–Crippen MR) is 70.2 cm³/mol. The van der Waals surface area contributed by atoms with E-state index >= 15 is 0 Å². The molecule has 0 radical (unpaired) electrons. The zero-order chi connectivity index (χ0) is 14.0. The van der Waals surface area contributed by atoms with Crippen LogP contribution in [0.1, 0.15) is 23.2 Å². The van der Waals surface area contributed by atoms with Gasteiger partial charge in [-0.3, -0.25) is 4.79 Å². The lowest BCUT2D eigenvalue weighted by molar-refractivity contribution is 0.0935. The maximum absolute atomic E-state index is 12.0. The number of amides is 1. The van der Waals surface area contributed by atoms with E-state index in [1.807, 2.05) is 0 Å². The second-order valence-corrected chi connectivity index (χ2v) is 5.14. The highest BCUT2D eigenvalue weighted by Gasteiger charge is 2.42. The van der Waals surface area contributed by atoms with Gasteiger partial charge in [0, 0.05) is 17.5 Å². The fourth-order valence-corrected chi connectivity index (χ4v) is 1.98. The summed E-state index contributed by atoms with van der Waals surface area (Å²) in [4.78, 5) is 12.0. The number of aliphatic hydroxyl groups is 1. The van der Waals surface area contributed by atoms with Gasteiger partial charge in [-0.1, -0.05) is 0 Å². The lowest BCUT2D eigenvalue weighted by atomic mass is 10.1. The first-order valence-electron chi connectivity index (χ1n) is 6.45. The highest BCUT2D eigenvalue weighted by atomic mass is 16.3. The molecule has 1 fully saturated rings. The van der Waals surface area contributed by atoms with Gasteiger partial charge in [-0.2, -0.15) is 0 Å². The summed E-state index contributed by atoms with van der Waals surface area (Å²) in [5.41, 5.74) is 1.29. The molecule has 7 nitrogen and oxygen atoms in total. The molecule has 0 unspecified atom stereocenters. The summed E-state index contributed by atoms with van der Waals surface area (Å²) in [6.07, 6.45) is 3.44. The number of carbonyl (C=O) groups excluding carboxylic acids is 1. The summed E-state index contributed by atoms with van der Waals surface area (Å²) >= 11 is 0. The molecule has 20 heavy (non-hydrogen) atoms. The summed E-state index contributed by atoms with van der Waals surface area (Å²) in [7, 11) is 0. The molecule has 2 aromatic rings. The number of benzene rings is 1. The lowest BCUT2D eigenvalue weighted by Gasteiger charge is -2.12. The van der Waals surface area contributed by atoms with Gasteiger partial charge in [0.05, 0.1) is 12.3 Å². The van der Waals surface area contributed by atoms with Crippen LogP contribution < -0.4 is 5.32 Å². The Morgan fingerprint density at radius 1 is 1.35 bits per heavy atom. The molecule has 2 N–H and O–H groups in total. The van der Waals surface area contributed by atoms with Crippen molar-refractivity contribution in [1.29, 1.82) is 0 Å². The van der Waals surface area contributed by atoms with Crippen LogP contribution in [0.3, 0.4) is 0 Å². The number of nitrogens with one attached hydrogen (secondary N) is 1. The minimum absolute atomic E-state index is 0.0813. The van der Waals surface area contributed by atoms with E-state index in [2.05, 4.69) is 20.8 Å². The van der Waals surface area contributed by atoms with E-state index in [1.165, 1.54) is 11.0 Å². The molecule has 1 aromatic heterocycles. The topological polar surface area (TPSA) is 92.9 Å². The van der Waals surface area contributed by atoms with Gasteiger partial charge in [-0.25, -0.2) is 4.68 Å². The third-order valence-electron chi connectivity index (χ3n) is 3.66. The molecule has 0 saturated heterocycles. The van der Waals surface area contributed by atoms with Gasteiger partial charge in [0.1, 0.15) is 6.33 Å². The molecule has 1 heterocycles. The van der Waals surface area contributed by atoms with E-state index in [0.717, 1.165) is 18.5 Å². The van der Waals surface area contributed by atoms with Crippen molar-refractivity contribution in [2.45, 2.75) is 12.8 Å². The Kier molecular flexibility index (Phi) is 3.19. The van der Waals surface area contributed by atoms with Crippen molar-refractivity contribution in [3.05, 3.63) is 36.2 Å². The van der Waals surface area contributed by atoms with Crippen molar-refractivity contribution in [1.82, 2.24) is 25.5 Å². The van der Waals surface area contributed by atoms with Gasteiger partial charge >= 0.3 is 0 Å². The molecule has 1 aliphatic carbocycles. The second kappa shape index (κ2) is 5.01. The molecular weight excluding hydrogens is 258 g/mol. The highest BCUT2D eigenvalue weighted by molar-refractivity contribution is 5.94. The maximum atomic E-state index is 12.0. The van der Waals surface area contributed by atoms with Crippen LogP contribution in [0.5, 0.6) is 0 Å². The van der Waals surface area contributed by atoms with Crippen molar-refractivity contribution in [3.63, 3.8) is 0 Å². The highest BCUT2D eigenvalue weighted by Crippen LogP contribution is 2.44. The minimum Gasteiger partial charge on any atom is -0.396 e. The summed E-state index contributed by atoms with van der Waals surface area (Å²) in [5.74, 6) is -0.131. The van der Waals surface area contributed by atoms with Crippen LogP contribution in [0.15, 0.2) is 30.6 Å². The average Bonchev–Trinajstić information content (AvgIpc) is 3.07. The normalized spacial score (nSPS) is 15.8. The maximum Gasteiger partial charge on any atom is 0.251 e. The Labute approximate surface area is 115 Å². The SMILES string of the molecule is O=C(NCC1(CO)CC1)c1ccc(-n2cnnn2)cc1. The van der Waals surface area contributed by atoms with Crippen molar-refractivity contribution >= 4 is 5.91 Å². The Balaban J connectivity index is 1.64. The molecule has 104 valence electrons. The largest absolute Gasteiger partial charge is 0.396 e. The second-order valence-electron chi connectivity index (χ2n) is 5.14. The van der Waals surface area contributed by atoms with Crippen LogP contribution in [0.4, 0.5) is 0 Å². The Bertz CT molecular complexity index is 590. The quantitative estimate of drug-likeness (QED) is 0.809. The van der Waals surface area contributed by atoms with Crippen LogP contribution in [0.25, 0.3) is 5.69 Å². The number of nitrogens with zero attached hydrogens (tertiary/aromatic N) is 4. The van der Waals surface area contributed by atoms with Gasteiger partial charge in [0.2, 0.25) is 0 Å². The third-order valence-corrected chi connectivity index (χ3v) is 3.66. The number of aromatic nitrogens is 4.